The van der Waals surface area contributed by atoms with Gasteiger partial charge in [-0.3, -0.25) is 4.79 Å². The molecule has 0 aliphatic heterocycles. The van der Waals surface area contributed by atoms with Crippen LogP contribution in [0.15, 0.2) is 5.16 Å². The molecule has 0 bridgehead atoms. The number of aliphatic carboxylic acids is 1. The summed E-state index contributed by atoms with van der Waals surface area (Å²) in [4.78, 5) is 10.7. The molecule has 6 heteroatoms. The lowest BCUT2D eigenvalue weighted by Crippen LogP contribution is -2.22. The van der Waals surface area contributed by atoms with Gasteiger partial charge < -0.3 is 9.67 Å². The molecule has 21 heavy (non-hydrogen) atoms. The molecule has 1 aromatic heterocycles. The van der Waals surface area contributed by atoms with E-state index in [9.17, 15) is 4.79 Å². The van der Waals surface area contributed by atoms with E-state index in [2.05, 4.69) is 42.5 Å². The second-order valence-electron chi connectivity index (χ2n) is 6.14. The number of thioether (sulfide) groups is 1. The number of rotatable bonds is 10. The molecule has 1 N–H and O–H groups in total. The third kappa shape index (κ3) is 6.08. The highest BCUT2D eigenvalue weighted by atomic mass is 32.2. The number of carbonyl (C=O) groups is 1. The number of hydrogen-bond acceptors (Lipinski definition) is 4. The van der Waals surface area contributed by atoms with Crippen LogP contribution < -0.4 is 0 Å². The van der Waals surface area contributed by atoms with Crippen LogP contribution in [0.4, 0.5) is 0 Å². The molecule has 5 nitrogen and oxygen atoms in total. The average molecular weight is 313 g/mol. The maximum Gasteiger partial charge on any atom is 0.313 e. The van der Waals surface area contributed by atoms with Crippen LogP contribution in [0.1, 0.15) is 59.2 Å². The van der Waals surface area contributed by atoms with Crippen LogP contribution in [0.25, 0.3) is 0 Å². The van der Waals surface area contributed by atoms with E-state index in [1.54, 1.807) is 0 Å². The Labute approximate surface area is 131 Å². The third-order valence-electron chi connectivity index (χ3n) is 3.48. The number of unbranched alkanes of at least 4 members (excludes halogenated alkanes) is 2. The van der Waals surface area contributed by atoms with Gasteiger partial charge in [0, 0.05) is 13.0 Å². The largest absolute Gasteiger partial charge is 0.481 e. The van der Waals surface area contributed by atoms with Crippen LogP contribution in [-0.4, -0.2) is 31.6 Å². The zero-order chi connectivity index (χ0) is 15.9. The standard InChI is InChI=1S/C15H27N3O2S/c1-5-7-8-9-15(3,4)11-18-12(6-2)16-17-14(18)21-10-13(19)20/h5-11H2,1-4H3,(H,19,20). The van der Waals surface area contributed by atoms with E-state index in [-0.39, 0.29) is 11.2 Å². The van der Waals surface area contributed by atoms with Crippen LogP contribution in [-0.2, 0) is 17.8 Å². The van der Waals surface area contributed by atoms with E-state index in [0.29, 0.717) is 0 Å². The molecule has 120 valence electrons. The van der Waals surface area contributed by atoms with Gasteiger partial charge in [0.15, 0.2) is 5.16 Å². The summed E-state index contributed by atoms with van der Waals surface area (Å²) < 4.78 is 2.10. The molecule has 0 saturated carbocycles. The van der Waals surface area contributed by atoms with Crippen LogP contribution in [0.5, 0.6) is 0 Å². The first-order valence-corrected chi connectivity index (χ1v) is 8.65. The van der Waals surface area contributed by atoms with E-state index in [1.807, 2.05) is 0 Å². The molecule has 0 aromatic carbocycles. The lowest BCUT2D eigenvalue weighted by molar-refractivity contribution is -0.133. The van der Waals surface area contributed by atoms with Gasteiger partial charge in [-0.25, -0.2) is 0 Å². The first-order valence-electron chi connectivity index (χ1n) is 7.66. The van der Waals surface area contributed by atoms with E-state index in [4.69, 9.17) is 5.11 Å². The van der Waals surface area contributed by atoms with Crippen molar-refractivity contribution < 1.29 is 9.90 Å². The van der Waals surface area contributed by atoms with Gasteiger partial charge in [-0.2, -0.15) is 0 Å². The second kappa shape index (κ2) is 8.41. The van der Waals surface area contributed by atoms with Crippen molar-refractivity contribution in [1.82, 2.24) is 14.8 Å². The number of aryl methyl sites for hydroxylation is 1. The topological polar surface area (TPSA) is 68.0 Å². The zero-order valence-electron chi connectivity index (χ0n) is 13.6. The van der Waals surface area contributed by atoms with Crippen LogP contribution >= 0.6 is 11.8 Å². The van der Waals surface area contributed by atoms with Crippen molar-refractivity contribution >= 4 is 17.7 Å². The first-order chi connectivity index (χ1) is 9.89. The summed E-state index contributed by atoms with van der Waals surface area (Å²) in [6.07, 6.45) is 5.68. The van der Waals surface area contributed by atoms with Gasteiger partial charge in [-0.05, 0) is 11.8 Å². The third-order valence-corrected chi connectivity index (χ3v) is 4.43. The maximum absolute atomic E-state index is 10.7. The second-order valence-corrected chi connectivity index (χ2v) is 7.08. The van der Waals surface area contributed by atoms with Crippen molar-refractivity contribution in [3.63, 3.8) is 0 Å². The summed E-state index contributed by atoms with van der Waals surface area (Å²) in [6.45, 7) is 9.62. The maximum atomic E-state index is 10.7. The van der Waals surface area contributed by atoms with Crippen LogP contribution in [0.3, 0.4) is 0 Å². The van der Waals surface area contributed by atoms with Gasteiger partial charge in [0.2, 0.25) is 0 Å². The molecule has 0 radical (unpaired) electrons. The molecular weight excluding hydrogens is 286 g/mol. The SMILES string of the molecule is CCCCCC(C)(C)Cn1c(CC)nnc1SCC(=O)O. The fourth-order valence-corrected chi connectivity index (χ4v) is 3.01. The molecule has 1 aromatic rings. The molecule has 0 aliphatic carbocycles. The van der Waals surface area contributed by atoms with Gasteiger partial charge in [-0.15, -0.1) is 10.2 Å². The van der Waals surface area contributed by atoms with Crippen molar-refractivity contribution in [2.75, 3.05) is 5.75 Å². The van der Waals surface area contributed by atoms with Crippen molar-refractivity contribution in [2.24, 2.45) is 5.41 Å². The van der Waals surface area contributed by atoms with E-state index in [1.165, 1.54) is 31.0 Å². The Morgan fingerprint density at radius 2 is 2.00 bits per heavy atom. The Hall–Kier alpha value is -1.04. The highest BCUT2D eigenvalue weighted by Crippen LogP contribution is 2.29. The fourth-order valence-electron chi connectivity index (χ4n) is 2.33. The van der Waals surface area contributed by atoms with Crippen molar-refractivity contribution in [3.05, 3.63) is 5.82 Å². The quantitative estimate of drug-likeness (QED) is 0.528. The minimum Gasteiger partial charge on any atom is -0.481 e. The van der Waals surface area contributed by atoms with Gasteiger partial charge in [0.25, 0.3) is 0 Å². The Morgan fingerprint density at radius 1 is 1.29 bits per heavy atom. The summed E-state index contributed by atoms with van der Waals surface area (Å²) in [5, 5.41) is 17.9. The number of nitrogens with zero attached hydrogens (tertiary/aromatic N) is 3. The Bertz CT molecular complexity index is 458. The Balaban J connectivity index is 2.78. The predicted octanol–water partition coefficient (Wildman–Crippen LogP) is 3.62. The highest BCUT2D eigenvalue weighted by Gasteiger charge is 2.22. The minimum atomic E-state index is -0.824. The van der Waals surface area contributed by atoms with E-state index >= 15 is 0 Å². The molecule has 1 rings (SSSR count). The lowest BCUT2D eigenvalue weighted by Gasteiger charge is -2.26. The smallest absolute Gasteiger partial charge is 0.313 e. The molecule has 0 saturated heterocycles. The van der Waals surface area contributed by atoms with Gasteiger partial charge in [0.1, 0.15) is 5.82 Å². The number of aromatic nitrogens is 3. The summed E-state index contributed by atoms with van der Waals surface area (Å²) in [5.74, 6) is 0.138. The molecule has 0 unspecified atom stereocenters. The average Bonchev–Trinajstić information content (AvgIpc) is 2.78. The molecule has 0 atom stereocenters. The van der Waals surface area contributed by atoms with Crippen molar-refractivity contribution in [3.8, 4) is 0 Å². The Morgan fingerprint density at radius 3 is 2.57 bits per heavy atom. The van der Waals surface area contributed by atoms with Crippen LogP contribution in [0, 0.1) is 5.41 Å². The predicted molar refractivity (Wildman–Crippen MR) is 85.7 cm³/mol. The van der Waals surface area contributed by atoms with Crippen LogP contribution in [0.2, 0.25) is 0 Å². The summed E-state index contributed by atoms with van der Waals surface area (Å²) in [6, 6.07) is 0. The number of carboxylic acids is 1. The molecule has 1 heterocycles. The highest BCUT2D eigenvalue weighted by molar-refractivity contribution is 7.99. The number of carboxylic acid groups (broad SMARTS) is 1. The zero-order valence-corrected chi connectivity index (χ0v) is 14.4. The first kappa shape index (κ1) is 18.0. The van der Waals surface area contributed by atoms with Gasteiger partial charge >= 0.3 is 5.97 Å². The lowest BCUT2D eigenvalue weighted by atomic mass is 9.87. The van der Waals surface area contributed by atoms with E-state index in [0.717, 1.165) is 30.4 Å². The summed E-state index contributed by atoms with van der Waals surface area (Å²) in [7, 11) is 0. The van der Waals surface area contributed by atoms with Gasteiger partial charge in [-0.1, -0.05) is 58.7 Å². The van der Waals surface area contributed by atoms with Crippen molar-refractivity contribution in [1.29, 1.82) is 0 Å². The molecule has 0 aliphatic rings. The monoisotopic (exact) mass is 313 g/mol. The molecule has 0 fully saturated rings. The minimum absolute atomic E-state index is 0.0259. The molecular formula is C15H27N3O2S. The van der Waals surface area contributed by atoms with Gasteiger partial charge in [0.05, 0.1) is 5.75 Å². The Kier molecular flexibility index (Phi) is 7.22. The molecule has 0 amide bonds. The fraction of sp³-hybridized carbons (Fsp3) is 0.800. The van der Waals surface area contributed by atoms with E-state index < -0.39 is 5.97 Å². The normalized spacial score (nSPS) is 11.8. The summed E-state index contributed by atoms with van der Waals surface area (Å²) >= 11 is 1.25. The molecule has 0 spiro atoms. The summed E-state index contributed by atoms with van der Waals surface area (Å²) in [5.41, 5.74) is 0.167. The number of hydrogen-bond donors (Lipinski definition) is 1. The van der Waals surface area contributed by atoms with Crippen molar-refractivity contribution in [2.45, 2.75) is 71.5 Å².